The van der Waals surface area contributed by atoms with Crippen LogP contribution in [0.3, 0.4) is 0 Å². The van der Waals surface area contributed by atoms with E-state index in [4.69, 9.17) is 14.0 Å². The first-order valence-electron chi connectivity index (χ1n) is 11.5. The van der Waals surface area contributed by atoms with Crippen molar-refractivity contribution in [3.8, 4) is 11.8 Å². The smallest absolute Gasteiger partial charge is 0.310 e. The lowest BCUT2D eigenvalue weighted by atomic mass is 9.89. The molecule has 1 aromatic carbocycles. The summed E-state index contributed by atoms with van der Waals surface area (Å²) in [4.78, 5) is 25.7. The standard InChI is InChI=1S/C26H27N3O5S/c1-15-4-9-20-21(12-27)26(35-23(20)10-15)28-24(30)14-33-25(31)11-18-5-7-19(8-6-18)32-13-22-16(2)29-34-17(22)3/h5-8,15H,4,9-11,13-14H2,1-3H3,(H,28,30). The van der Waals surface area contributed by atoms with E-state index in [0.29, 0.717) is 28.8 Å². The number of hydrogen-bond acceptors (Lipinski definition) is 8. The third-order valence-electron chi connectivity index (χ3n) is 6.08. The van der Waals surface area contributed by atoms with Gasteiger partial charge in [0.1, 0.15) is 29.2 Å². The van der Waals surface area contributed by atoms with Crippen molar-refractivity contribution < 1.29 is 23.6 Å². The second kappa shape index (κ2) is 10.7. The summed E-state index contributed by atoms with van der Waals surface area (Å²) >= 11 is 1.45. The maximum absolute atomic E-state index is 12.4. The summed E-state index contributed by atoms with van der Waals surface area (Å²) < 4.78 is 16.0. The monoisotopic (exact) mass is 493 g/mol. The van der Waals surface area contributed by atoms with Crippen LogP contribution in [-0.2, 0) is 40.2 Å². The predicted octanol–water partition coefficient (Wildman–Crippen LogP) is 4.65. The quantitative estimate of drug-likeness (QED) is 0.454. The first-order valence-corrected chi connectivity index (χ1v) is 12.3. The third kappa shape index (κ3) is 5.89. The van der Waals surface area contributed by atoms with Gasteiger partial charge in [0.15, 0.2) is 6.61 Å². The second-order valence-electron chi connectivity index (χ2n) is 8.79. The number of nitrogens with one attached hydrogen (secondary N) is 1. The molecule has 35 heavy (non-hydrogen) atoms. The minimum Gasteiger partial charge on any atom is -0.489 e. The molecule has 182 valence electrons. The molecule has 1 amide bonds. The second-order valence-corrected chi connectivity index (χ2v) is 9.89. The number of amides is 1. The van der Waals surface area contributed by atoms with E-state index in [1.807, 2.05) is 13.8 Å². The molecule has 1 atom stereocenters. The first-order chi connectivity index (χ1) is 16.8. The van der Waals surface area contributed by atoms with Gasteiger partial charge in [0, 0.05) is 4.88 Å². The molecule has 1 aliphatic carbocycles. The molecule has 2 heterocycles. The molecule has 1 unspecified atom stereocenters. The van der Waals surface area contributed by atoms with Crippen molar-refractivity contribution in [2.45, 2.75) is 53.1 Å². The van der Waals surface area contributed by atoms with Crippen LogP contribution in [0.15, 0.2) is 28.8 Å². The minimum atomic E-state index is -0.510. The zero-order valence-corrected chi connectivity index (χ0v) is 20.8. The van der Waals surface area contributed by atoms with E-state index >= 15 is 0 Å². The van der Waals surface area contributed by atoms with Gasteiger partial charge in [-0.05, 0) is 62.3 Å². The minimum absolute atomic E-state index is 0.0338. The highest BCUT2D eigenvalue weighted by atomic mass is 32.1. The van der Waals surface area contributed by atoms with Gasteiger partial charge in [-0.2, -0.15) is 5.26 Å². The number of thiophene rings is 1. The van der Waals surface area contributed by atoms with Gasteiger partial charge < -0.3 is 19.3 Å². The van der Waals surface area contributed by atoms with Crippen LogP contribution in [0.5, 0.6) is 5.75 Å². The van der Waals surface area contributed by atoms with E-state index in [1.54, 1.807) is 24.3 Å². The van der Waals surface area contributed by atoms with Crippen molar-refractivity contribution in [2.24, 2.45) is 5.92 Å². The van der Waals surface area contributed by atoms with E-state index in [0.717, 1.165) is 52.3 Å². The topological polar surface area (TPSA) is 114 Å². The summed E-state index contributed by atoms with van der Waals surface area (Å²) in [5.74, 6) is 0.986. The molecule has 0 fully saturated rings. The Labute approximate surface area is 207 Å². The number of nitriles is 1. The van der Waals surface area contributed by atoms with Crippen molar-refractivity contribution >= 4 is 28.2 Å². The molecule has 0 spiro atoms. The fourth-order valence-corrected chi connectivity index (χ4v) is 5.43. The van der Waals surface area contributed by atoms with Crippen molar-refractivity contribution in [3.05, 3.63) is 62.9 Å². The Hall–Kier alpha value is -3.64. The van der Waals surface area contributed by atoms with Crippen LogP contribution < -0.4 is 10.1 Å². The molecule has 1 N–H and O–H groups in total. The molecule has 0 radical (unpaired) electrons. The Balaban J connectivity index is 1.25. The van der Waals surface area contributed by atoms with Crippen LogP contribution in [0.1, 0.15) is 51.9 Å². The summed E-state index contributed by atoms with van der Waals surface area (Å²) in [5.41, 5.74) is 4.03. The Morgan fingerprint density at radius 2 is 2.06 bits per heavy atom. The molecule has 0 aliphatic heterocycles. The van der Waals surface area contributed by atoms with Crippen LogP contribution in [-0.4, -0.2) is 23.6 Å². The molecule has 3 aromatic rings. The van der Waals surface area contributed by atoms with Gasteiger partial charge in [-0.1, -0.05) is 24.2 Å². The number of aryl methyl sites for hydroxylation is 2. The number of benzene rings is 1. The summed E-state index contributed by atoms with van der Waals surface area (Å²) in [7, 11) is 0. The van der Waals surface area contributed by atoms with E-state index < -0.39 is 18.5 Å². The fraction of sp³-hybridized carbons (Fsp3) is 0.385. The highest BCUT2D eigenvalue weighted by Gasteiger charge is 2.24. The number of carbonyl (C=O) groups is 2. The number of carbonyl (C=O) groups excluding carboxylic acids is 2. The molecule has 8 nitrogen and oxygen atoms in total. The van der Waals surface area contributed by atoms with Gasteiger partial charge in [0.2, 0.25) is 0 Å². The molecule has 1 aliphatic rings. The zero-order valence-electron chi connectivity index (χ0n) is 20.0. The summed E-state index contributed by atoms with van der Waals surface area (Å²) in [5, 5.41) is 16.7. The number of anilines is 1. The lowest BCUT2D eigenvalue weighted by Gasteiger charge is -2.17. The Bertz CT molecular complexity index is 1250. The summed E-state index contributed by atoms with van der Waals surface area (Å²) in [6.45, 7) is 5.83. The molecular weight excluding hydrogens is 466 g/mol. The first kappa shape index (κ1) is 24.5. The van der Waals surface area contributed by atoms with Crippen LogP contribution in [0.25, 0.3) is 0 Å². The molecule has 0 saturated heterocycles. The number of hydrogen-bond donors (Lipinski definition) is 1. The van der Waals surface area contributed by atoms with Crippen LogP contribution in [0.4, 0.5) is 5.00 Å². The van der Waals surface area contributed by atoms with E-state index in [1.165, 1.54) is 11.3 Å². The van der Waals surface area contributed by atoms with Gasteiger partial charge >= 0.3 is 5.97 Å². The van der Waals surface area contributed by atoms with Crippen LogP contribution >= 0.6 is 11.3 Å². The van der Waals surface area contributed by atoms with E-state index in [-0.39, 0.29) is 6.42 Å². The molecular formula is C26H27N3O5S. The number of aromatic nitrogens is 1. The highest BCUT2D eigenvalue weighted by Crippen LogP contribution is 2.39. The number of rotatable bonds is 8. The number of ether oxygens (including phenoxy) is 2. The number of fused-ring (bicyclic) bond motifs is 1. The molecule has 0 saturated carbocycles. The van der Waals surface area contributed by atoms with Gasteiger partial charge in [-0.15, -0.1) is 11.3 Å². The zero-order chi connectivity index (χ0) is 24.9. The maximum atomic E-state index is 12.4. The SMILES string of the molecule is Cc1noc(C)c1COc1ccc(CC(=O)OCC(=O)Nc2sc3c(c2C#N)CCC(C)C3)cc1. The van der Waals surface area contributed by atoms with E-state index in [2.05, 4.69) is 23.5 Å². The van der Waals surface area contributed by atoms with Crippen LogP contribution in [0.2, 0.25) is 0 Å². The maximum Gasteiger partial charge on any atom is 0.310 e. The van der Waals surface area contributed by atoms with Gasteiger partial charge in [-0.3, -0.25) is 9.59 Å². The van der Waals surface area contributed by atoms with Crippen molar-refractivity contribution in [3.63, 3.8) is 0 Å². The average molecular weight is 494 g/mol. The van der Waals surface area contributed by atoms with Crippen molar-refractivity contribution in [1.29, 1.82) is 5.26 Å². The molecule has 0 bridgehead atoms. The molecule has 4 rings (SSSR count). The van der Waals surface area contributed by atoms with Gasteiger partial charge in [0.05, 0.1) is 23.2 Å². The largest absolute Gasteiger partial charge is 0.489 e. The van der Waals surface area contributed by atoms with Crippen molar-refractivity contribution in [2.75, 3.05) is 11.9 Å². The lowest BCUT2D eigenvalue weighted by molar-refractivity contribution is -0.146. The predicted molar refractivity (Wildman–Crippen MR) is 130 cm³/mol. The van der Waals surface area contributed by atoms with Crippen molar-refractivity contribution in [1.82, 2.24) is 5.16 Å². The fourth-order valence-electron chi connectivity index (χ4n) is 4.05. The molecule has 2 aromatic heterocycles. The van der Waals surface area contributed by atoms with Gasteiger partial charge in [0.25, 0.3) is 5.91 Å². The van der Waals surface area contributed by atoms with Gasteiger partial charge in [-0.25, -0.2) is 0 Å². The normalized spacial score (nSPS) is 14.6. The Morgan fingerprint density at radius 1 is 1.29 bits per heavy atom. The highest BCUT2D eigenvalue weighted by molar-refractivity contribution is 7.16. The summed E-state index contributed by atoms with van der Waals surface area (Å²) in [6, 6.07) is 9.32. The average Bonchev–Trinajstić information content (AvgIpc) is 3.34. The van der Waals surface area contributed by atoms with Crippen LogP contribution in [0, 0.1) is 31.1 Å². The number of esters is 1. The Morgan fingerprint density at radius 3 is 2.74 bits per heavy atom. The summed E-state index contributed by atoms with van der Waals surface area (Å²) in [6.07, 6.45) is 2.84. The molecule has 9 heteroatoms. The number of nitrogens with zero attached hydrogens (tertiary/aromatic N) is 2. The third-order valence-corrected chi connectivity index (χ3v) is 7.25. The van der Waals surface area contributed by atoms with E-state index in [9.17, 15) is 14.9 Å². The lowest BCUT2D eigenvalue weighted by Crippen LogP contribution is -2.21. The Kier molecular flexibility index (Phi) is 7.51.